The van der Waals surface area contributed by atoms with Crippen LogP contribution in [0.5, 0.6) is 0 Å². The van der Waals surface area contributed by atoms with Gasteiger partial charge in [-0.3, -0.25) is 9.59 Å². The van der Waals surface area contributed by atoms with Crippen molar-refractivity contribution in [2.24, 2.45) is 0 Å². The molecule has 162 valence electrons. The number of H-pyrrole nitrogens is 1. The minimum absolute atomic E-state index is 0.141. The number of hydrogen-bond donors (Lipinski definition) is 3. The number of hydrogen-bond acceptors (Lipinski definition) is 2. The average Bonchev–Trinajstić information content (AvgIpc) is 3.00. The first-order valence-corrected chi connectivity index (χ1v) is 11.4. The average molecular weight is 438 g/mol. The van der Waals surface area contributed by atoms with Crippen LogP contribution in [0.15, 0.2) is 54.7 Å². The number of nitrogens with one attached hydrogen (secondary N) is 3. The first-order chi connectivity index (χ1) is 15.1. The zero-order valence-electron chi connectivity index (χ0n) is 17.5. The van der Waals surface area contributed by atoms with Crippen LogP contribution in [0.25, 0.3) is 10.9 Å². The van der Waals surface area contributed by atoms with Gasteiger partial charge in [0.15, 0.2) is 0 Å². The van der Waals surface area contributed by atoms with E-state index in [2.05, 4.69) is 15.6 Å². The minimum atomic E-state index is -0.689. The number of rotatable bonds is 6. The molecule has 1 aliphatic rings. The summed E-state index contributed by atoms with van der Waals surface area (Å²) in [6, 6.07) is 14.3. The van der Waals surface area contributed by atoms with E-state index in [4.69, 9.17) is 11.6 Å². The Balaban J connectivity index is 1.55. The molecule has 1 fully saturated rings. The van der Waals surface area contributed by atoms with E-state index >= 15 is 0 Å². The maximum Gasteiger partial charge on any atom is 0.253 e. The predicted molar refractivity (Wildman–Crippen MR) is 124 cm³/mol. The molecule has 31 heavy (non-hydrogen) atoms. The standard InChI is InChI=1S/C25H28ClN3O2/c26-21-13-7-5-12-20(21)24(30)29-23(25(31)28-18-9-3-1-2-4-10-18)15-17-16-27-22-14-8-6-11-19(17)22/h5-8,11-14,16,18,23,27H,1-4,9-10,15H2,(H,28,31)(H,29,30). The zero-order chi connectivity index (χ0) is 21.6. The number of carbonyl (C=O) groups is 2. The van der Waals surface area contributed by atoms with E-state index in [0.29, 0.717) is 17.0 Å². The van der Waals surface area contributed by atoms with Crippen molar-refractivity contribution in [3.05, 3.63) is 70.9 Å². The van der Waals surface area contributed by atoms with Crippen LogP contribution in [0.4, 0.5) is 0 Å². The van der Waals surface area contributed by atoms with Crippen molar-refractivity contribution in [3.63, 3.8) is 0 Å². The molecule has 1 aliphatic carbocycles. The highest BCUT2D eigenvalue weighted by Crippen LogP contribution is 2.21. The SMILES string of the molecule is O=C(NC(Cc1c[nH]c2ccccc12)C(=O)NC1CCCCCC1)c1ccccc1Cl. The third kappa shape index (κ3) is 5.28. The zero-order valence-corrected chi connectivity index (χ0v) is 18.3. The lowest BCUT2D eigenvalue weighted by Crippen LogP contribution is -2.50. The van der Waals surface area contributed by atoms with Crippen LogP contribution in [0.2, 0.25) is 5.02 Å². The Bertz CT molecular complexity index is 1050. The highest BCUT2D eigenvalue weighted by atomic mass is 35.5. The van der Waals surface area contributed by atoms with Crippen molar-refractivity contribution in [2.45, 2.75) is 57.0 Å². The summed E-state index contributed by atoms with van der Waals surface area (Å²) in [6.07, 6.45) is 8.99. The molecule has 2 amide bonds. The summed E-state index contributed by atoms with van der Waals surface area (Å²) < 4.78 is 0. The second kappa shape index (κ2) is 10.0. The summed E-state index contributed by atoms with van der Waals surface area (Å²) in [5.41, 5.74) is 2.38. The van der Waals surface area contributed by atoms with Crippen LogP contribution in [0.3, 0.4) is 0 Å². The Hall–Kier alpha value is -2.79. The third-order valence-electron chi connectivity index (χ3n) is 6.04. The van der Waals surface area contributed by atoms with Crippen LogP contribution in [0.1, 0.15) is 54.4 Å². The Morgan fingerprint density at radius 1 is 1.00 bits per heavy atom. The largest absolute Gasteiger partial charge is 0.361 e. The van der Waals surface area contributed by atoms with E-state index in [9.17, 15) is 9.59 Å². The summed E-state index contributed by atoms with van der Waals surface area (Å²) in [6.45, 7) is 0. The fraction of sp³-hybridized carbons (Fsp3) is 0.360. The quantitative estimate of drug-likeness (QED) is 0.474. The van der Waals surface area contributed by atoms with Crippen molar-refractivity contribution in [3.8, 4) is 0 Å². The lowest BCUT2D eigenvalue weighted by Gasteiger charge is -2.23. The normalized spacial score (nSPS) is 15.9. The highest BCUT2D eigenvalue weighted by Gasteiger charge is 2.26. The van der Waals surface area contributed by atoms with Crippen molar-refractivity contribution >= 4 is 34.3 Å². The fourth-order valence-corrected chi connectivity index (χ4v) is 4.56. The molecule has 5 nitrogen and oxygen atoms in total. The predicted octanol–water partition coefficient (Wildman–Crippen LogP) is 5.00. The summed E-state index contributed by atoms with van der Waals surface area (Å²) in [4.78, 5) is 29.5. The molecule has 6 heteroatoms. The molecule has 3 N–H and O–H groups in total. The van der Waals surface area contributed by atoms with E-state index < -0.39 is 6.04 Å². The first-order valence-electron chi connectivity index (χ1n) is 11.0. The third-order valence-corrected chi connectivity index (χ3v) is 6.37. The summed E-state index contributed by atoms with van der Waals surface area (Å²) >= 11 is 6.21. The van der Waals surface area contributed by atoms with Crippen LogP contribution < -0.4 is 10.6 Å². The molecule has 0 spiro atoms. The smallest absolute Gasteiger partial charge is 0.253 e. The van der Waals surface area contributed by atoms with Gasteiger partial charge >= 0.3 is 0 Å². The van der Waals surface area contributed by atoms with Gasteiger partial charge in [-0.05, 0) is 36.6 Å². The van der Waals surface area contributed by atoms with Gasteiger partial charge in [-0.1, -0.05) is 67.6 Å². The van der Waals surface area contributed by atoms with Crippen LogP contribution >= 0.6 is 11.6 Å². The molecule has 3 aromatic rings. The van der Waals surface area contributed by atoms with Gasteiger partial charge in [0.05, 0.1) is 10.6 Å². The van der Waals surface area contributed by atoms with Crippen molar-refractivity contribution in [1.82, 2.24) is 15.6 Å². The lowest BCUT2D eigenvalue weighted by molar-refractivity contribution is -0.123. The molecule has 0 radical (unpaired) electrons. The van der Waals surface area contributed by atoms with Gasteiger partial charge in [0.25, 0.3) is 5.91 Å². The van der Waals surface area contributed by atoms with Crippen LogP contribution in [-0.2, 0) is 11.2 Å². The number of amides is 2. The monoisotopic (exact) mass is 437 g/mol. The van der Waals surface area contributed by atoms with E-state index in [1.54, 1.807) is 24.3 Å². The molecule has 1 aromatic heterocycles. The van der Waals surface area contributed by atoms with Gasteiger partial charge in [-0.2, -0.15) is 0 Å². The first kappa shape index (κ1) is 21.4. The maximum absolute atomic E-state index is 13.3. The number of aromatic amines is 1. The van der Waals surface area contributed by atoms with Gasteiger partial charge < -0.3 is 15.6 Å². The van der Waals surface area contributed by atoms with Crippen LogP contribution in [0, 0.1) is 0 Å². The van der Waals surface area contributed by atoms with Gasteiger partial charge in [0.1, 0.15) is 6.04 Å². The fourth-order valence-electron chi connectivity index (χ4n) is 4.34. The second-order valence-electron chi connectivity index (χ2n) is 8.27. The highest BCUT2D eigenvalue weighted by molar-refractivity contribution is 6.33. The number of benzene rings is 2. The molecule has 1 heterocycles. The van der Waals surface area contributed by atoms with E-state index in [1.807, 2.05) is 30.5 Å². The van der Waals surface area contributed by atoms with Crippen molar-refractivity contribution in [1.29, 1.82) is 0 Å². The molecule has 4 rings (SSSR count). The Labute approximate surface area is 187 Å². The van der Waals surface area contributed by atoms with Gasteiger partial charge in [-0.25, -0.2) is 0 Å². The van der Waals surface area contributed by atoms with E-state index in [0.717, 1.165) is 42.1 Å². The van der Waals surface area contributed by atoms with Crippen molar-refractivity contribution in [2.75, 3.05) is 0 Å². The molecular formula is C25H28ClN3O2. The summed E-state index contributed by atoms with van der Waals surface area (Å²) in [7, 11) is 0. The summed E-state index contributed by atoms with van der Waals surface area (Å²) in [5.74, 6) is -0.482. The number of para-hydroxylation sites is 1. The summed E-state index contributed by atoms with van der Waals surface area (Å²) in [5, 5.41) is 7.55. The van der Waals surface area contributed by atoms with Gasteiger partial charge in [0, 0.05) is 29.6 Å². The Morgan fingerprint density at radius 2 is 1.71 bits per heavy atom. The molecular weight excluding hydrogens is 410 g/mol. The maximum atomic E-state index is 13.3. The molecule has 0 saturated heterocycles. The van der Waals surface area contributed by atoms with Crippen molar-refractivity contribution < 1.29 is 9.59 Å². The molecule has 1 unspecified atom stereocenters. The van der Waals surface area contributed by atoms with Crippen LogP contribution in [-0.4, -0.2) is 28.9 Å². The number of aromatic nitrogens is 1. The van der Waals surface area contributed by atoms with Gasteiger partial charge in [0.2, 0.25) is 5.91 Å². The van der Waals surface area contributed by atoms with E-state index in [1.165, 1.54) is 12.8 Å². The second-order valence-corrected chi connectivity index (χ2v) is 8.67. The Morgan fingerprint density at radius 3 is 2.48 bits per heavy atom. The topological polar surface area (TPSA) is 74.0 Å². The number of fused-ring (bicyclic) bond motifs is 1. The van der Waals surface area contributed by atoms with Gasteiger partial charge in [-0.15, -0.1) is 0 Å². The minimum Gasteiger partial charge on any atom is -0.361 e. The molecule has 0 aliphatic heterocycles. The molecule has 1 saturated carbocycles. The molecule has 1 atom stereocenters. The molecule has 2 aromatic carbocycles. The number of carbonyl (C=O) groups excluding carboxylic acids is 2. The van der Waals surface area contributed by atoms with E-state index in [-0.39, 0.29) is 17.9 Å². The lowest BCUT2D eigenvalue weighted by atomic mass is 10.0. The number of halogens is 1. The Kier molecular flexibility index (Phi) is 6.92. The molecule has 0 bridgehead atoms.